The molecule has 0 fully saturated rings. The Morgan fingerprint density at radius 1 is 1.56 bits per heavy atom. The van der Waals surface area contributed by atoms with Crippen LogP contribution in [-0.2, 0) is 10.6 Å². The van der Waals surface area contributed by atoms with Crippen molar-refractivity contribution in [2.45, 2.75) is 12.2 Å². The van der Waals surface area contributed by atoms with Crippen LogP contribution in [0.3, 0.4) is 0 Å². The van der Waals surface area contributed by atoms with Gasteiger partial charge in [0.2, 0.25) is 5.88 Å². The quantitative estimate of drug-likeness (QED) is 0.342. The molecule has 0 bridgehead atoms. The molecule has 4 nitrogen and oxygen atoms in total. The molecule has 0 aliphatic carbocycles. The topological polar surface area (TPSA) is 48.4 Å². The van der Waals surface area contributed by atoms with E-state index < -0.39 is 18.2 Å². The van der Waals surface area contributed by atoms with Crippen LogP contribution in [0, 0.1) is 3.70 Å². The van der Waals surface area contributed by atoms with Crippen molar-refractivity contribution in [3.05, 3.63) is 20.9 Å². The summed E-state index contributed by atoms with van der Waals surface area (Å²) in [6, 6.07) is 1.16. The Balaban J connectivity index is 3.23. The van der Waals surface area contributed by atoms with E-state index in [1.54, 1.807) is 22.6 Å². The fraction of sp³-hybridized carbons (Fsp3) is 0.333. The molecule has 1 rings (SSSR count). The molecule has 0 atom stereocenters. The minimum Gasteiger partial charge on any atom is -0.465 e. The van der Waals surface area contributed by atoms with Crippen LogP contribution < -0.4 is 4.74 Å². The molecule has 0 aliphatic heterocycles. The number of carbonyl (C=O) groups excluding carboxylic acids is 1. The number of aromatic nitrogens is 1. The van der Waals surface area contributed by atoms with E-state index in [4.69, 9.17) is 11.6 Å². The predicted octanol–water partition coefficient (Wildman–Crippen LogP) is 3.11. The van der Waals surface area contributed by atoms with Crippen LogP contribution in [-0.4, -0.2) is 24.4 Å². The van der Waals surface area contributed by atoms with Crippen LogP contribution in [0.25, 0.3) is 0 Å². The standard InChI is InChI=1S/C9H6ClF3INO3/c1-17-8(16)5-2-4(3-10)7(15-6(5)14)18-9(11,12)13/h2H,3H2,1H3. The maximum Gasteiger partial charge on any atom is 0.574 e. The minimum atomic E-state index is -4.87. The lowest BCUT2D eigenvalue weighted by molar-refractivity contribution is -0.276. The van der Waals surface area contributed by atoms with Crippen LogP contribution in [0.1, 0.15) is 15.9 Å². The summed E-state index contributed by atoms with van der Waals surface area (Å²) in [6.45, 7) is 0. The van der Waals surface area contributed by atoms with Crippen LogP contribution in [0.15, 0.2) is 6.07 Å². The number of hydrogen-bond donors (Lipinski definition) is 0. The van der Waals surface area contributed by atoms with Gasteiger partial charge in [-0.2, -0.15) is 0 Å². The Kier molecular flexibility index (Phi) is 5.02. The molecule has 0 N–H and O–H groups in total. The van der Waals surface area contributed by atoms with Crippen LogP contribution in [0.4, 0.5) is 13.2 Å². The van der Waals surface area contributed by atoms with Gasteiger partial charge in [-0.3, -0.25) is 0 Å². The minimum absolute atomic E-state index is 0.0308. The van der Waals surface area contributed by atoms with Crippen LogP contribution >= 0.6 is 34.2 Å². The number of nitrogens with zero attached hydrogens (tertiary/aromatic N) is 1. The number of rotatable bonds is 3. The zero-order chi connectivity index (χ0) is 13.9. The highest BCUT2D eigenvalue weighted by molar-refractivity contribution is 14.1. The Labute approximate surface area is 119 Å². The predicted molar refractivity (Wildman–Crippen MR) is 64.5 cm³/mol. The summed E-state index contributed by atoms with van der Waals surface area (Å²) < 4.78 is 44.6. The first-order valence-corrected chi connectivity index (χ1v) is 5.99. The molecule has 1 aromatic rings. The van der Waals surface area contributed by atoms with Gasteiger partial charge in [-0.25, -0.2) is 9.78 Å². The van der Waals surface area contributed by atoms with Gasteiger partial charge >= 0.3 is 12.3 Å². The van der Waals surface area contributed by atoms with Gasteiger partial charge in [-0.05, 0) is 28.7 Å². The fourth-order valence-corrected chi connectivity index (χ4v) is 1.85. The normalized spacial score (nSPS) is 11.2. The van der Waals surface area contributed by atoms with E-state index >= 15 is 0 Å². The monoisotopic (exact) mass is 395 g/mol. The molecule has 0 aliphatic rings. The number of ether oxygens (including phenoxy) is 2. The van der Waals surface area contributed by atoms with Crippen molar-refractivity contribution in [1.82, 2.24) is 4.98 Å². The van der Waals surface area contributed by atoms with E-state index in [1.165, 1.54) is 0 Å². The van der Waals surface area contributed by atoms with Gasteiger partial charge < -0.3 is 9.47 Å². The number of carbonyl (C=O) groups is 1. The SMILES string of the molecule is COC(=O)c1cc(CCl)c(OC(F)(F)F)nc1I. The highest BCUT2D eigenvalue weighted by Gasteiger charge is 2.33. The third kappa shape index (κ3) is 3.87. The molecule has 100 valence electrons. The molecule has 0 aromatic carbocycles. The molecule has 0 saturated heterocycles. The first-order chi connectivity index (χ1) is 8.28. The average molecular weight is 396 g/mol. The molecule has 18 heavy (non-hydrogen) atoms. The number of alkyl halides is 4. The zero-order valence-electron chi connectivity index (χ0n) is 8.85. The molecule has 0 unspecified atom stereocenters. The third-order valence-electron chi connectivity index (χ3n) is 1.78. The molecular formula is C9H6ClF3INO3. The number of hydrogen-bond acceptors (Lipinski definition) is 4. The van der Waals surface area contributed by atoms with Gasteiger partial charge in [0.25, 0.3) is 0 Å². The third-order valence-corrected chi connectivity index (χ3v) is 2.89. The van der Waals surface area contributed by atoms with E-state index in [2.05, 4.69) is 14.5 Å². The highest BCUT2D eigenvalue weighted by atomic mass is 127. The van der Waals surface area contributed by atoms with Gasteiger partial charge in [0.1, 0.15) is 3.70 Å². The highest BCUT2D eigenvalue weighted by Crippen LogP contribution is 2.28. The van der Waals surface area contributed by atoms with Crippen molar-refractivity contribution >= 4 is 40.2 Å². The molecule has 9 heteroatoms. The summed E-state index contributed by atoms with van der Waals surface area (Å²) >= 11 is 7.10. The molecule has 1 aromatic heterocycles. The van der Waals surface area contributed by atoms with E-state index in [9.17, 15) is 18.0 Å². The number of methoxy groups -OCH3 is 1. The second-order valence-corrected chi connectivity index (χ2v) is 4.25. The fourth-order valence-electron chi connectivity index (χ4n) is 1.06. The molecule has 0 radical (unpaired) electrons. The lowest BCUT2D eigenvalue weighted by Gasteiger charge is -2.12. The Hall–Kier alpha value is -0.770. The summed E-state index contributed by atoms with van der Waals surface area (Å²) in [4.78, 5) is 14.9. The van der Waals surface area contributed by atoms with Crippen molar-refractivity contribution < 1.29 is 27.4 Å². The maximum absolute atomic E-state index is 12.1. The van der Waals surface area contributed by atoms with Crippen LogP contribution in [0.5, 0.6) is 5.88 Å². The van der Waals surface area contributed by atoms with Crippen molar-refractivity contribution in [1.29, 1.82) is 0 Å². The first kappa shape index (κ1) is 15.3. The van der Waals surface area contributed by atoms with Crippen molar-refractivity contribution in [3.63, 3.8) is 0 Å². The average Bonchev–Trinajstić information content (AvgIpc) is 2.26. The van der Waals surface area contributed by atoms with E-state index in [-0.39, 0.29) is 20.7 Å². The zero-order valence-corrected chi connectivity index (χ0v) is 11.8. The summed E-state index contributed by atoms with van der Waals surface area (Å²) in [5.74, 6) is -1.66. The van der Waals surface area contributed by atoms with Gasteiger partial charge in [0.05, 0.1) is 18.6 Å². The van der Waals surface area contributed by atoms with Gasteiger partial charge in [-0.15, -0.1) is 24.8 Å². The van der Waals surface area contributed by atoms with Crippen molar-refractivity contribution in [2.75, 3.05) is 7.11 Å². The first-order valence-electron chi connectivity index (χ1n) is 4.38. The van der Waals surface area contributed by atoms with E-state index in [1.807, 2.05) is 0 Å². The summed E-state index contributed by atoms with van der Waals surface area (Å²) in [5, 5.41) is 0. The van der Waals surface area contributed by atoms with Crippen LogP contribution in [0.2, 0.25) is 0 Å². The van der Waals surface area contributed by atoms with E-state index in [0.717, 1.165) is 13.2 Å². The second-order valence-electron chi connectivity index (χ2n) is 2.96. The molecule has 0 spiro atoms. The lowest BCUT2D eigenvalue weighted by atomic mass is 10.2. The maximum atomic E-state index is 12.1. The summed E-state index contributed by atoms with van der Waals surface area (Å²) in [6.07, 6.45) is -4.87. The Bertz CT molecular complexity index is 467. The van der Waals surface area contributed by atoms with E-state index in [0.29, 0.717) is 0 Å². The number of pyridine rings is 1. The number of halogens is 5. The molecule has 0 saturated carbocycles. The smallest absolute Gasteiger partial charge is 0.465 e. The van der Waals surface area contributed by atoms with Gasteiger partial charge in [0, 0.05) is 5.56 Å². The van der Waals surface area contributed by atoms with Crippen molar-refractivity contribution in [3.8, 4) is 5.88 Å². The molecular weight excluding hydrogens is 389 g/mol. The summed E-state index contributed by atoms with van der Waals surface area (Å²) in [5.41, 5.74) is -0.0157. The Morgan fingerprint density at radius 3 is 2.61 bits per heavy atom. The second kappa shape index (κ2) is 5.91. The molecule has 0 amide bonds. The lowest BCUT2D eigenvalue weighted by Crippen LogP contribution is -2.20. The summed E-state index contributed by atoms with van der Waals surface area (Å²) in [7, 11) is 1.15. The largest absolute Gasteiger partial charge is 0.574 e. The van der Waals surface area contributed by atoms with Gasteiger partial charge in [-0.1, -0.05) is 0 Å². The van der Waals surface area contributed by atoms with Crippen molar-refractivity contribution in [2.24, 2.45) is 0 Å². The number of esters is 1. The Morgan fingerprint density at radius 2 is 2.17 bits per heavy atom. The molecule has 1 heterocycles. The van der Waals surface area contributed by atoms with Gasteiger partial charge in [0.15, 0.2) is 0 Å².